The van der Waals surface area contributed by atoms with Crippen molar-refractivity contribution < 1.29 is 19.2 Å². The van der Waals surface area contributed by atoms with Crippen molar-refractivity contribution in [1.82, 2.24) is 25.1 Å². The van der Waals surface area contributed by atoms with E-state index >= 15 is 0 Å². The Morgan fingerprint density at radius 3 is 1.44 bits per heavy atom. The van der Waals surface area contributed by atoms with Crippen LogP contribution in [-0.2, 0) is 9.59 Å². The fourth-order valence-electron chi connectivity index (χ4n) is 9.44. The predicted molar refractivity (Wildman–Crippen MR) is 269 cm³/mol. The average molecular weight is 932 g/mol. The Morgan fingerprint density at radius 1 is 0.515 bits per heavy atom. The zero-order chi connectivity index (χ0) is 46.4. The van der Waals surface area contributed by atoms with Gasteiger partial charge in [0.05, 0.1) is 27.8 Å². The van der Waals surface area contributed by atoms with Crippen LogP contribution < -0.4 is 5.32 Å². The van der Waals surface area contributed by atoms with Crippen molar-refractivity contribution in [3.63, 3.8) is 0 Å². The zero-order valence-electron chi connectivity index (χ0n) is 37.3. The molecule has 4 heterocycles. The monoisotopic (exact) mass is 931 g/mol. The molecule has 2 saturated heterocycles. The van der Waals surface area contributed by atoms with E-state index in [9.17, 15) is 19.2 Å². The van der Waals surface area contributed by atoms with Gasteiger partial charge in [-0.25, -0.2) is 9.97 Å². The highest BCUT2D eigenvalue weighted by atomic mass is 32.1. The van der Waals surface area contributed by atoms with Gasteiger partial charge in [0.2, 0.25) is 11.8 Å². The van der Waals surface area contributed by atoms with Crippen LogP contribution in [0.3, 0.4) is 0 Å². The van der Waals surface area contributed by atoms with Gasteiger partial charge in [0, 0.05) is 43.0 Å². The summed E-state index contributed by atoms with van der Waals surface area (Å²) in [4.78, 5) is 71.0. The lowest BCUT2D eigenvalue weighted by Gasteiger charge is -2.28. The van der Waals surface area contributed by atoms with Gasteiger partial charge < -0.3 is 15.1 Å². The van der Waals surface area contributed by atoms with Crippen LogP contribution in [0.5, 0.6) is 0 Å². The summed E-state index contributed by atoms with van der Waals surface area (Å²) in [6.45, 7) is 1.22. The Bertz CT molecular complexity index is 2810. The van der Waals surface area contributed by atoms with Gasteiger partial charge in [-0.05, 0) is 71.2 Å². The second-order valence-electron chi connectivity index (χ2n) is 17.3. The average Bonchev–Trinajstić information content (AvgIpc) is 4.26. The summed E-state index contributed by atoms with van der Waals surface area (Å²) in [5.74, 6) is -1.08. The number of benzene rings is 6. The van der Waals surface area contributed by atoms with Gasteiger partial charge in [-0.1, -0.05) is 158 Å². The molecule has 1 N–H and O–H groups in total. The Balaban J connectivity index is 0.800. The number of ketones is 1. The molecule has 10 rings (SSSR count). The molecule has 0 bridgehead atoms. The first-order valence-corrected chi connectivity index (χ1v) is 24.8. The summed E-state index contributed by atoms with van der Waals surface area (Å²) in [6, 6.07) is 53.2. The van der Waals surface area contributed by atoms with Crippen LogP contribution in [0.15, 0.2) is 182 Å². The van der Waals surface area contributed by atoms with Crippen molar-refractivity contribution in [2.75, 3.05) is 13.1 Å². The zero-order valence-corrected chi connectivity index (χ0v) is 39.0. The van der Waals surface area contributed by atoms with Crippen LogP contribution >= 0.6 is 22.7 Å². The number of carbonyl (C=O) groups is 4. The third kappa shape index (κ3) is 9.58. The molecule has 2 aliphatic rings. The van der Waals surface area contributed by atoms with Crippen molar-refractivity contribution >= 4 is 46.2 Å². The van der Waals surface area contributed by atoms with E-state index in [2.05, 4.69) is 53.8 Å². The maximum atomic E-state index is 14.4. The van der Waals surface area contributed by atoms with E-state index in [0.717, 1.165) is 78.8 Å². The summed E-state index contributed by atoms with van der Waals surface area (Å²) < 4.78 is 0. The topological polar surface area (TPSA) is 113 Å². The van der Waals surface area contributed by atoms with Crippen LogP contribution in [0.1, 0.15) is 98.0 Å². The lowest BCUT2D eigenvalue weighted by molar-refractivity contribution is -0.134. The van der Waals surface area contributed by atoms with Gasteiger partial charge >= 0.3 is 0 Å². The van der Waals surface area contributed by atoms with Gasteiger partial charge in [0.1, 0.15) is 16.1 Å². The smallest absolute Gasteiger partial charge is 0.252 e. The SMILES string of the molecule is O=C(C[C@H](C(=O)N1CCC[C@H]1c1ncc(-c2ccc(-c3ccc(-c4cnc([C@@H]5CCCN5C(=O)[C@H](NC(=O)c5ccccc5)c5ccccc5)s4)cc3)cc2)s1)c1ccccc1)c1ccccc1. The molecule has 68 heavy (non-hydrogen) atoms. The number of aromatic nitrogens is 2. The highest BCUT2D eigenvalue weighted by Gasteiger charge is 2.39. The molecule has 338 valence electrons. The number of rotatable bonds is 14. The van der Waals surface area contributed by atoms with Crippen molar-refractivity contribution in [3.8, 4) is 32.0 Å². The number of thiazole rings is 2. The molecule has 0 aliphatic carbocycles. The predicted octanol–water partition coefficient (Wildman–Crippen LogP) is 12.2. The highest BCUT2D eigenvalue weighted by Crippen LogP contribution is 2.42. The van der Waals surface area contributed by atoms with Gasteiger partial charge in [0.25, 0.3) is 5.91 Å². The maximum Gasteiger partial charge on any atom is 0.252 e. The minimum absolute atomic E-state index is 0.0294. The van der Waals surface area contributed by atoms with Gasteiger partial charge in [-0.15, -0.1) is 22.7 Å². The van der Waals surface area contributed by atoms with Crippen molar-refractivity contribution in [3.05, 3.63) is 215 Å². The molecule has 3 amide bonds. The number of amides is 3. The number of carbonyl (C=O) groups excluding carboxylic acids is 4. The van der Waals surface area contributed by atoms with Gasteiger partial charge in [0.15, 0.2) is 5.78 Å². The van der Waals surface area contributed by atoms with E-state index in [0.29, 0.717) is 24.2 Å². The fraction of sp³-hybridized carbons (Fsp3) is 0.193. The first-order chi connectivity index (χ1) is 33.4. The molecular formula is C57H49N5O4S2. The molecule has 0 radical (unpaired) electrons. The third-order valence-corrected chi connectivity index (χ3v) is 15.3. The maximum absolute atomic E-state index is 14.4. The number of Topliss-reactive ketones (excluding diaryl/α,β-unsaturated/α-hetero) is 1. The first kappa shape index (κ1) is 44.5. The van der Waals surface area contributed by atoms with E-state index in [4.69, 9.17) is 9.97 Å². The molecule has 6 aromatic carbocycles. The summed E-state index contributed by atoms with van der Waals surface area (Å²) in [7, 11) is 0. The fourth-order valence-corrected chi connectivity index (χ4v) is 11.6. The number of nitrogens with one attached hydrogen (secondary N) is 1. The van der Waals surface area contributed by atoms with Crippen LogP contribution in [0, 0.1) is 0 Å². The Labute approximate surface area is 404 Å². The Kier molecular flexibility index (Phi) is 13.3. The van der Waals surface area contributed by atoms with Crippen LogP contribution in [-0.4, -0.2) is 56.4 Å². The summed E-state index contributed by atoms with van der Waals surface area (Å²) in [5.41, 5.74) is 7.00. The molecule has 11 heteroatoms. The Hall–Kier alpha value is -7.34. The van der Waals surface area contributed by atoms with Crippen molar-refractivity contribution in [2.24, 2.45) is 0 Å². The van der Waals surface area contributed by atoms with E-state index in [-0.39, 0.29) is 42.0 Å². The molecule has 9 nitrogen and oxygen atoms in total. The van der Waals surface area contributed by atoms with Crippen LogP contribution in [0.2, 0.25) is 0 Å². The Morgan fingerprint density at radius 2 is 0.941 bits per heavy atom. The van der Waals surface area contributed by atoms with Crippen LogP contribution in [0.4, 0.5) is 0 Å². The number of hydrogen-bond donors (Lipinski definition) is 1. The van der Waals surface area contributed by atoms with Gasteiger partial charge in [-0.3, -0.25) is 19.2 Å². The summed E-state index contributed by atoms with van der Waals surface area (Å²) in [5, 5.41) is 4.82. The van der Waals surface area contributed by atoms with Gasteiger partial charge in [-0.2, -0.15) is 0 Å². The number of hydrogen-bond acceptors (Lipinski definition) is 8. The second kappa shape index (κ2) is 20.3. The third-order valence-electron chi connectivity index (χ3n) is 13.0. The second-order valence-corrected chi connectivity index (χ2v) is 19.4. The van der Waals surface area contributed by atoms with Crippen molar-refractivity contribution in [1.29, 1.82) is 0 Å². The minimum atomic E-state index is -0.825. The molecule has 0 spiro atoms. The standard InChI is InChI=1S/C57H49N5O4S2/c63-49(41-17-7-2-8-18-41)35-46(40-15-5-1-6-16-40)56(65)61-33-13-23-47(61)54-58-36-50(67-54)42-29-25-38(26-30-42)39-27-31-43(32-28-39)51-37-59-55(68-51)48-24-14-34-62(48)57(66)52(44-19-9-3-10-20-44)60-53(64)45-21-11-4-12-22-45/h1-12,15-22,25-32,36-37,46-48,52H,13-14,23-24,33-35H2,(H,60,64)/t46-,47-,48-,52+/m0/s1. The molecular weight excluding hydrogens is 883 g/mol. The molecule has 2 fully saturated rings. The first-order valence-electron chi connectivity index (χ1n) is 23.2. The van der Waals surface area contributed by atoms with E-state index < -0.39 is 12.0 Å². The minimum Gasteiger partial charge on any atom is -0.336 e. The summed E-state index contributed by atoms with van der Waals surface area (Å²) >= 11 is 3.23. The normalized spacial score (nSPS) is 16.6. The van der Waals surface area contributed by atoms with E-state index in [1.807, 2.05) is 131 Å². The number of nitrogens with zero attached hydrogens (tertiary/aromatic N) is 4. The quantitative estimate of drug-likeness (QED) is 0.109. The lowest BCUT2D eigenvalue weighted by Crippen LogP contribution is -2.42. The van der Waals surface area contributed by atoms with E-state index in [1.54, 1.807) is 34.8 Å². The molecule has 0 saturated carbocycles. The van der Waals surface area contributed by atoms with Crippen LogP contribution in [0.25, 0.3) is 32.0 Å². The lowest BCUT2D eigenvalue weighted by atomic mass is 9.90. The van der Waals surface area contributed by atoms with E-state index in [1.165, 1.54) is 0 Å². The molecule has 8 aromatic rings. The molecule has 0 unspecified atom stereocenters. The molecule has 2 aliphatic heterocycles. The summed E-state index contributed by atoms with van der Waals surface area (Å²) in [6.07, 6.45) is 7.28. The van der Waals surface area contributed by atoms with Crippen molar-refractivity contribution in [2.45, 2.75) is 56.1 Å². The number of likely N-dealkylation sites (tertiary alicyclic amines) is 2. The highest BCUT2D eigenvalue weighted by molar-refractivity contribution is 7.15. The molecule has 4 atom stereocenters. The largest absolute Gasteiger partial charge is 0.336 e. The molecule has 2 aromatic heterocycles.